The first-order valence-corrected chi connectivity index (χ1v) is 8.87. The van der Waals surface area contributed by atoms with Gasteiger partial charge in [0.1, 0.15) is 13.2 Å². The largest absolute Gasteiger partial charge is 0.486 e. The molecule has 0 radical (unpaired) electrons. The molecule has 0 spiro atoms. The lowest BCUT2D eigenvalue weighted by Gasteiger charge is -2.20. The summed E-state index contributed by atoms with van der Waals surface area (Å²) in [5, 5.41) is 10.5. The van der Waals surface area contributed by atoms with Crippen molar-refractivity contribution in [3.63, 3.8) is 0 Å². The molecule has 2 aromatic carbocycles. The first-order valence-electron chi connectivity index (χ1n) is 8.49. The van der Waals surface area contributed by atoms with E-state index in [0.717, 1.165) is 0 Å². The third-order valence-electron chi connectivity index (χ3n) is 4.25. The van der Waals surface area contributed by atoms with Gasteiger partial charge >= 0.3 is 5.97 Å². The molecule has 144 valence electrons. The highest BCUT2D eigenvalue weighted by Crippen LogP contribution is 2.38. The van der Waals surface area contributed by atoms with E-state index in [1.54, 1.807) is 30.3 Å². The van der Waals surface area contributed by atoms with Gasteiger partial charge in [0.15, 0.2) is 17.2 Å². The first kappa shape index (κ1) is 18.1. The van der Waals surface area contributed by atoms with Crippen LogP contribution in [-0.2, 0) is 16.0 Å². The molecule has 2 heterocycles. The molecule has 0 saturated carbocycles. The molecular weight excluding hydrogens is 386 g/mol. The minimum Gasteiger partial charge on any atom is -0.486 e. The molecule has 0 atom stereocenters. The molecule has 0 unspecified atom stereocenters. The predicted octanol–water partition coefficient (Wildman–Crippen LogP) is 2.96. The van der Waals surface area contributed by atoms with E-state index >= 15 is 0 Å². The van der Waals surface area contributed by atoms with Crippen molar-refractivity contribution in [2.24, 2.45) is 0 Å². The van der Waals surface area contributed by atoms with E-state index < -0.39 is 5.97 Å². The zero-order chi connectivity index (χ0) is 19.7. The van der Waals surface area contributed by atoms with Gasteiger partial charge in [-0.25, -0.2) is 4.79 Å². The van der Waals surface area contributed by atoms with Gasteiger partial charge in [0.25, 0.3) is 0 Å². The second-order valence-electron chi connectivity index (χ2n) is 6.15. The first-order chi connectivity index (χ1) is 13.5. The van der Waals surface area contributed by atoms with Crippen LogP contribution in [0, 0.1) is 0 Å². The van der Waals surface area contributed by atoms with Gasteiger partial charge in [-0.2, -0.15) is 5.10 Å². The summed E-state index contributed by atoms with van der Waals surface area (Å²) in [4.78, 5) is 24.3. The Hall–Kier alpha value is -3.26. The molecule has 0 fully saturated rings. The van der Waals surface area contributed by atoms with Crippen molar-refractivity contribution in [3.8, 4) is 11.5 Å². The number of anilines is 1. The van der Waals surface area contributed by atoms with Crippen LogP contribution in [0.25, 0.3) is 10.9 Å². The summed E-state index contributed by atoms with van der Waals surface area (Å²) in [7, 11) is 1.28. The SMILES string of the molecule is COC(=O)c1n[nH]c2ccc(NC(=O)Cc3cc(Cl)c4c(c3)OCCO4)cc12. The molecule has 1 amide bonds. The van der Waals surface area contributed by atoms with Gasteiger partial charge in [-0.15, -0.1) is 0 Å². The number of carbonyl (C=O) groups is 2. The van der Waals surface area contributed by atoms with Crippen molar-refractivity contribution >= 4 is 40.1 Å². The van der Waals surface area contributed by atoms with E-state index in [1.807, 2.05) is 0 Å². The highest BCUT2D eigenvalue weighted by molar-refractivity contribution is 6.32. The third kappa shape index (κ3) is 3.46. The van der Waals surface area contributed by atoms with Crippen LogP contribution in [0.1, 0.15) is 16.1 Å². The zero-order valence-corrected chi connectivity index (χ0v) is 15.6. The number of halogens is 1. The molecule has 1 aliphatic rings. The Balaban J connectivity index is 1.52. The molecule has 1 aromatic heterocycles. The molecular formula is C19H16ClN3O5. The Bertz CT molecular complexity index is 1080. The Morgan fingerprint density at radius 2 is 2.07 bits per heavy atom. The second kappa shape index (κ2) is 7.40. The number of carbonyl (C=O) groups excluding carboxylic acids is 2. The van der Waals surface area contributed by atoms with E-state index in [2.05, 4.69) is 15.5 Å². The molecule has 0 aliphatic carbocycles. The van der Waals surface area contributed by atoms with Crippen molar-refractivity contribution in [2.45, 2.75) is 6.42 Å². The summed E-state index contributed by atoms with van der Waals surface area (Å²) in [5.74, 6) is 0.234. The van der Waals surface area contributed by atoms with Crippen molar-refractivity contribution in [1.29, 1.82) is 0 Å². The van der Waals surface area contributed by atoms with Crippen molar-refractivity contribution in [3.05, 3.63) is 46.6 Å². The minimum absolute atomic E-state index is 0.101. The maximum absolute atomic E-state index is 12.5. The van der Waals surface area contributed by atoms with Crippen LogP contribution in [0.4, 0.5) is 5.69 Å². The van der Waals surface area contributed by atoms with Crippen LogP contribution >= 0.6 is 11.6 Å². The Labute approximate surface area is 164 Å². The van der Waals surface area contributed by atoms with Crippen LogP contribution in [0.3, 0.4) is 0 Å². The lowest BCUT2D eigenvalue weighted by Crippen LogP contribution is -2.17. The number of benzene rings is 2. The molecule has 2 N–H and O–H groups in total. The highest BCUT2D eigenvalue weighted by atomic mass is 35.5. The van der Waals surface area contributed by atoms with Crippen molar-refractivity contribution < 1.29 is 23.8 Å². The van der Waals surface area contributed by atoms with Crippen molar-refractivity contribution in [1.82, 2.24) is 10.2 Å². The number of fused-ring (bicyclic) bond motifs is 2. The molecule has 28 heavy (non-hydrogen) atoms. The molecule has 0 bridgehead atoms. The normalized spacial score (nSPS) is 12.6. The summed E-state index contributed by atoms with van der Waals surface area (Å²) in [5.41, 5.74) is 2.06. The number of aromatic amines is 1. The summed E-state index contributed by atoms with van der Waals surface area (Å²) in [6, 6.07) is 8.54. The maximum atomic E-state index is 12.5. The fraction of sp³-hybridized carbons (Fsp3) is 0.211. The fourth-order valence-corrected chi connectivity index (χ4v) is 3.29. The molecule has 9 heteroatoms. The van der Waals surface area contributed by atoms with E-state index in [0.29, 0.717) is 51.9 Å². The lowest BCUT2D eigenvalue weighted by atomic mass is 10.1. The number of methoxy groups -OCH3 is 1. The van der Waals surface area contributed by atoms with Gasteiger partial charge in [-0.3, -0.25) is 9.89 Å². The minimum atomic E-state index is -0.555. The number of ether oxygens (including phenoxy) is 3. The molecule has 3 aromatic rings. The van der Waals surface area contributed by atoms with Gasteiger partial charge in [-0.05, 0) is 35.9 Å². The standard InChI is InChI=1S/C19H16ClN3O5/c1-26-19(25)17-12-9-11(2-3-14(12)22-23-17)21-16(24)8-10-6-13(20)18-15(7-10)27-4-5-28-18/h2-3,6-7,9H,4-5,8H2,1H3,(H,21,24)(H,22,23). The monoisotopic (exact) mass is 401 g/mol. The van der Waals surface area contributed by atoms with Gasteiger partial charge < -0.3 is 19.5 Å². The number of aromatic nitrogens is 2. The van der Waals surface area contributed by atoms with E-state index in [-0.39, 0.29) is 18.0 Å². The zero-order valence-electron chi connectivity index (χ0n) is 14.9. The highest BCUT2D eigenvalue weighted by Gasteiger charge is 2.18. The molecule has 8 nitrogen and oxygen atoms in total. The quantitative estimate of drug-likeness (QED) is 0.651. The number of esters is 1. The number of hydrogen-bond donors (Lipinski definition) is 2. The average molecular weight is 402 g/mol. The third-order valence-corrected chi connectivity index (χ3v) is 4.53. The van der Waals surface area contributed by atoms with Gasteiger partial charge in [0.05, 0.1) is 24.1 Å². The number of hydrogen-bond acceptors (Lipinski definition) is 6. The van der Waals surface area contributed by atoms with Gasteiger partial charge in [0, 0.05) is 11.1 Å². The Kier molecular flexibility index (Phi) is 4.79. The van der Waals surface area contributed by atoms with Crippen LogP contribution in [0.15, 0.2) is 30.3 Å². The summed E-state index contributed by atoms with van der Waals surface area (Å²) in [6.07, 6.45) is 0.101. The number of rotatable bonds is 4. The number of nitrogens with one attached hydrogen (secondary N) is 2. The topological polar surface area (TPSA) is 103 Å². The summed E-state index contributed by atoms with van der Waals surface area (Å²) >= 11 is 6.21. The Morgan fingerprint density at radius 3 is 2.89 bits per heavy atom. The smallest absolute Gasteiger partial charge is 0.359 e. The Morgan fingerprint density at radius 1 is 1.25 bits per heavy atom. The molecule has 1 aliphatic heterocycles. The van der Waals surface area contributed by atoms with Crippen molar-refractivity contribution in [2.75, 3.05) is 25.6 Å². The van der Waals surface area contributed by atoms with E-state index in [1.165, 1.54) is 7.11 Å². The van der Waals surface area contributed by atoms with Crippen LogP contribution in [0.5, 0.6) is 11.5 Å². The van der Waals surface area contributed by atoms with Gasteiger partial charge in [-0.1, -0.05) is 11.6 Å². The molecule has 4 rings (SSSR count). The molecule has 0 saturated heterocycles. The predicted molar refractivity (Wildman–Crippen MR) is 102 cm³/mol. The van der Waals surface area contributed by atoms with Crippen LogP contribution in [-0.4, -0.2) is 42.4 Å². The number of nitrogens with zero attached hydrogens (tertiary/aromatic N) is 1. The second-order valence-corrected chi connectivity index (χ2v) is 6.56. The fourth-order valence-electron chi connectivity index (χ4n) is 3.00. The van der Waals surface area contributed by atoms with Crippen LogP contribution < -0.4 is 14.8 Å². The van der Waals surface area contributed by atoms with Gasteiger partial charge in [0.2, 0.25) is 5.91 Å². The lowest BCUT2D eigenvalue weighted by molar-refractivity contribution is -0.115. The number of H-pyrrole nitrogens is 1. The number of amides is 1. The summed E-state index contributed by atoms with van der Waals surface area (Å²) < 4.78 is 15.7. The summed E-state index contributed by atoms with van der Waals surface area (Å²) in [6.45, 7) is 0.878. The van der Waals surface area contributed by atoms with Crippen LogP contribution in [0.2, 0.25) is 5.02 Å². The van der Waals surface area contributed by atoms with E-state index in [9.17, 15) is 9.59 Å². The van der Waals surface area contributed by atoms with E-state index in [4.69, 9.17) is 25.8 Å². The average Bonchev–Trinajstić information content (AvgIpc) is 3.10. The maximum Gasteiger partial charge on any atom is 0.359 e.